The molecular weight excluding hydrogens is 231 g/mol. The molecule has 0 fully saturated rings. The number of halogens is 1. The van der Waals surface area contributed by atoms with Gasteiger partial charge in [-0.2, -0.15) is 0 Å². The van der Waals surface area contributed by atoms with Crippen LogP contribution in [-0.2, 0) is 0 Å². The molecule has 1 rings (SSSR count). The second-order valence-corrected chi connectivity index (χ2v) is 5.69. The maximum atomic E-state index is 13.2. The fourth-order valence-corrected chi connectivity index (χ4v) is 1.66. The standard InChI is InChI=1S/C14H21FN2O/c1-9(14(2,3)4)17(5)13(18)11-8-10(15)6-7-12(11)16/h6-9H,16H2,1-5H3. The van der Waals surface area contributed by atoms with Gasteiger partial charge >= 0.3 is 0 Å². The van der Waals surface area contributed by atoms with E-state index in [1.54, 1.807) is 11.9 Å². The van der Waals surface area contributed by atoms with Gasteiger partial charge in [-0.25, -0.2) is 4.39 Å². The van der Waals surface area contributed by atoms with Gasteiger partial charge in [-0.3, -0.25) is 4.79 Å². The number of nitrogen functional groups attached to an aromatic ring is 1. The smallest absolute Gasteiger partial charge is 0.256 e. The normalized spacial score (nSPS) is 13.2. The molecule has 1 unspecified atom stereocenters. The monoisotopic (exact) mass is 252 g/mol. The summed E-state index contributed by atoms with van der Waals surface area (Å²) in [5.74, 6) is -0.709. The predicted molar refractivity (Wildman–Crippen MR) is 71.8 cm³/mol. The van der Waals surface area contributed by atoms with Gasteiger partial charge in [-0.15, -0.1) is 0 Å². The summed E-state index contributed by atoms with van der Waals surface area (Å²) in [7, 11) is 1.71. The highest BCUT2D eigenvalue weighted by molar-refractivity contribution is 5.99. The van der Waals surface area contributed by atoms with Crippen LogP contribution in [0.5, 0.6) is 0 Å². The molecule has 1 amide bonds. The SMILES string of the molecule is CC(N(C)C(=O)c1cc(F)ccc1N)C(C)(C)C. The Hall–Kier alpha value is -1.58. The Morgan fingerprint density at radius 3 is 2.44 bits per heavy atom. The first kappa shape index (κ1) is 14.5. The van der Waals surface area contributed by atoms with E-state index in [-0.39, 0.29) is 22.9 Å². The predicted octanol–water partition coefficient (Wildman–Crippen LogP) is 2.91. The van der Waals surface area contributed by atoms with Crippen molar-refractivity contribution in [1.29, 1.82) is 0 Å². The van der Waals surface area contributed by atoms with Crippen LogP contribution in [0.15, 0.2) is 18.2 Å². The van der Waals surface area contributed by atoms with Crippen molar-refractivity contribution in [2.24, 2.45) is 5.41 Å². The van der Waals surface area contributed by atoms with E-state index in [0.29, 0.717) is 5.69 Å². The van der Waals surface area contributed by atoms with Crippen LogP contribution in [0.25, 0.3) is 0 Å². The van der Waals surface area contributed by atoms with Gasteiger partial charge in [0.1, 0.15) is 5.82 Å². The van der Waals surface area contributed by atoms with Crippen molar-refractivity contribution < 1.29 is 9.18 Å². The quantitative estimate of drug-likeness (QED) is 0.823. The van der Waals surface area contributed by atoms with E-state index in [9.17, 15) is 9.18 Å². The van der Waals surface area contributed by atoms with Gasteiger partial charge in [-0.1, -0.05) is 20.8 Å². The van der Waals surface area contributed by atoms with Gasteiger partial charge in [-0.05, 0) is 30.5 Å². The number of anilines is 1. The first-order chi connectivity index (χ1) is 8.14. The summed E-state index contributed by atoms with van der Waals surface area (Å²) in [6.07, 6.45) is 0. The van der Waals surface area contributed by atoms with Crippen LogP contribution in [0.4, 0.5) is 10.1 Å². The molecule has 0 radical (unpaired) electrons. The summed E-state index contributed by atoms with van der Waals surface area (Å²) in [6.45, 7) is 8.12. The summed E-state index contributed by atoms with van der Waals surface area (Å²) < 4.78 is 13.2. The van der Waals surface area contributed by atoms with Crippen molar-refractivity contribution in [1.82, 2.24) is 4.90 Å². The van der Waals surface area contributed by atoms with Gasteiger partial charge in [0.15, 0.2) is 0 Å². The third-order valence-corrected chi connectivity index (χ3v) is 3.40. The molecule has 100 valence electrons. The lowest BCUT2D eigenvalue weighted by Gasteiger charge is -2.35. The zero-order valence-corrected chi connectivity index (χ0v) is 11.6. The largest absolute Gasteiger partial charge is 0.398 e. The fourth-order valence-electron chi connectivity index (χ4n) is 1.66. The Bertz CT molecular complexity index is 452. The number of hydrogen-bond donors (Lipinski definition) is 1. The molecule has 0 aromatic heterocycles. The van der Waals surface area contributed by atoms with Crippen molar-refractivity contribution in [2.45, 2.75) is 33.7 Å². The average Bonchev–Trinajstić information content (AvgIpc) is 2.28. The maximum Gasteiger partial charge on any atom is 0.256 e. The van der Waals surface area contributed by atoms with E-state index in [1.165, 1.54) is 18.2 Å². The zero-order valence-electron chi connectivity index (χ0n) is 11.6. The number of hydrogen-bond acceptors (Lipinski definition) is 2. The molecule has 0 aliphatic heterocycles. The molecule has 0 saturated carbocycles. The molecule has 0 heterocycles. The summed E-state index contributed by atoms with van der Waals surface area (Å²) in [5.41, 5.74) is 6.19. The fraction of sp³-hybridized carbons (Fsp3) is 0.500. The van der Waals surface area contributed by atoms with E-state index in [4.69, 9.17) is 5.73 Å². The van der Waals surface area contributed by atoms with Gasteiger partial charge in [0.2, 0.25) is 0 Å². The minimum atomic E-state index is -0.454. The molecule has 1 aromatic carbocycles. The van der Waals surface area contributed by atoms with E-state index in [0.717, 1.165) is 0 Å². The molecule has 0 spiro atoms. The molecule has 3 nitrogen and oxygen atoms in total. The number of rotatable bonds is 2. The van der Waals surface area contributed by atoms with Gasteiger partial charge in [0.05, 0.1) is 5.56 Å². The Labute approximate surface area is 108 Å². The van der Waals surface area contributed by atoms with Crippen LogP contribution >= 0.6 is 0 Å². The first-order valence-corrected chi connectivity index (χ1v) is 5.96. The summed E-state index contributed by atoms with van der Waals surface area (Å²) in [6, 6.07) is 3.87. The first-order valence-electron chi connectivity index (χ1n) is 5.96. The molecule has 2 N–H and O–H groups in total. The molecule has 18 heavy (non-hydrogen) atoms. The molecular formula is C14H21FN2O. The van der Waals surface area contributed by atoms with Crippen molar-refractivity contribution in [3.05, 3.63) is 29.6 Å². The Balaban J connectivity index is 3.04. The summed E-state index contributed by atoms with van der Waals surface area (Å²) >= 11 is 0. The lowest BCUT2D eigenvalue weighted by molar-refractivity contribution is 0.0630. The number of benzene rings is 1. The van der Waals surface area contributed by atoms with Crippen LogP contribution < -0.4 is 5.73 Å². The van der Waals surface area contributed by atoms with E-state index < -0.39 is 5.82 Å². The Morgan fingerprint density at radius 1 is 1.39 bits per heavy atom. The molecule has 0 saturated heterocycles. The number of carbonyl (C=O) groups is 1. The van der Waals surface area contributed by atoms with Crippen LogP contribution in [0.3, 0.4) is 0 Å². The van der Waals surface area contributed by atoms with Gasteiger partial charge in [0.25, 0.3) is 5.91 Å². The highest BCUT2D eigenvalue weighted by Crippen LogP contribution is 2.25. The topological polar surface area (TPSA) is 46.3 Å². The van der Waals surface area contributed by atoms with Crippen LogP contribution in [0.2, 0.25) is 0 Å². The minimum absolute atomic E-state index is 0.0210. The lowest BCUT2D eigenvalue weighted by atomic mass is 9.87. The second-order valence-electron chi connectivity index (χ2n) is 5.69. The molecule has 1 atom stereocenters. The van der Waals surface area contributed by atoms with Crippen LogP contribution in [0.1, 0.15) is 38.1 Å². The summed E-state index contributed by atoms with van der Waals surface area (Å²) in [5, 5.41) is 0. The molecule has 1 aromatic rings. The third-order valence-electron chi connectivity index (χ3n) is 3.40. The highest BCUT2D eigenvalue weighted by Gasteiger charge is 2.28. The van der Waals surface area contributed by atoms with Crippen molar-refractivity contribution in [2.75, 3.05) is 12.8 Å². The number of nitrogens with zero attached hydrogens (tertiary/aromatic N) is 1. The maximum absolute atomic E-state index is 13.2. The van der Waals surface area contributed by atoms with Gasteiger partial charge in [0, 0.05) is 18.8 Å². The van der Waals surface area contributed by atoms with Crippen molar-refractivity contribution >= 4 is 11.6 Å². The Kier molecular flexibility index (Phi) is 3.99. The average molecular weight is 252 g/mol. The van der Waals surface area contributed by atoms with E-state index >= 15 is 0 Å². The Morgan fingerprint density at radius 2 is 1.94 bits per heavy atom. The number of nitrogens with two attached hydrogens (primary N) is 1. The molecule has 0 bridgehead atoms. The number of carbonyl (C=O) groups excluding carboxylic acids is 1. The third kappa shape index (κ3) is 3.00. The minimum Gasteiger partial charge on any atom is -0.398 e. The van der Waals surface area contributed by atoms with Gasteiger partial charge < -0.3 is 10.6 Å². The zero-order chi connectivity index (χ0) is 14.1. The summed E-state index contributed by atoms with van der Waals surface area (Å²) in [4.78, 5) is 13.9. The van der Waals surface area contributed by atoms with E-state index in [2.05, 4.69) is 20.8 Å². The lowest BCUT2D eigenvalue weighted by Crippen LogP contribution is -2.43. The van der Waals surface area contributed by atoms with Crippen molar-refractivity contribution in [3.63, 3.8) is 0 Å². The molecule has 0 aliphatic rings. The highest BCUT2D eigenvalue weighted by atomic mass is 19.1. The molecule has 4 heteroatoms. The number of amides is 1. The molecule has 0 aliphatic carbocycles. The second kappa shape index (κ2) is 4.96. The van der Waals surface area contributed by atoms with Crippen LogP contribution in [0, 0.1) is 11.2 Å². The van der Waals surface area contributed by atoms with Crippen molar-refractivity contribution in [3.8, 4) is 0 Å². The van der Waals surface area contributed by atoms with E-state index in [1.807, 2.05) is 6.92 Å². The van der Waals surface area contributed by atoms with Crippen LogP contribution in [-0.4, -0.2) is 23.9 Å².